The molecule has 8 nitrogen and oxygen atoms in total. The van der Waals surface area contributed by atoms with Crippen LogP contribution in [0.1, 0.15) is 31.8 Å². The fraction of sp³-hybridized carbons (Fsp3) is 0.0833. The van der Waals surface area contributed by atoms with Gasteiger partial charge in [-0.3, -0.25) is 9.59 Å². The summed E-state index contributed by atoms with van der Waals surface area (Å²) in [6.07, 6.45) is 1.39. The first-order valence-corrected chi connectivity index (χ1v) is 9.67. The Hall–Kier alpha value is -4.46. The highest BCUT2D eigenvalue weighted by Crippen LogP contribution is 2.15. The van der Waals surface area contributed by atoms with E-state index in [1.165, 1.54) is 30.5 Å². The van der Waals surface area contributed by atoms with Crippen LogP contribution < -0.4 is 10.7 Å². The van der Waals surface area contributed by atoms with Crippen LogP contribution in [0.3, 0.4) is 0 Å². The zero-order valence-electron chi connectivity index (χ0n) is 17.2. The standard InChI is InChI=1S/C24H21N3O5/c1-16-6-12-19(13-7-16)26-22(29)15-32-24(31)18-10-8-17(9-11-18)14-25-27-23(30)20-4-2-3-5-21(20)28/h2-14,28H,15H2,1H3,(H,26,29)(H,27,30)/b25-14-. The number of nitrogens with zero attached hydrogens (tertiary/aromatic N) is 1. The number of hydrogen-bond donors (Lipinski definition) is 3. The first-order chi connectivity index (χ1) is 15.4. The molecule has 0 fully saturated rings. The molecule has 0 saturated carbocycles. The molecule has 0 aliphatic carbocycles. The van der Waals surface area contributed by atoms with Crippen LogP contribution in [0.4, 0.5) is 5.69 Å². The average Bonchev–Trinajstić information content (AvgIpc) is 2.79. The number of nitrogens with one attached hydrogen (secondary N) is 2. The molecule has 3 aromatic rings. The molecule has 0 spiro atoms. The Morgan fingerprint density at radius 1 is 0.969 bits per heavy atom. The Morgan fingerprint density at radius 2 is 1.66 bits per heavy atom. The molecule has 0 unspecified atom stereocenters. The normalized spacial score (nSPS) is 10.5. The lowest BCUT2D eigenvalue weighted by Gasteiger charge is -2.07. The maximum absolute atomic E-state index is 12.1. The van der Waals surface area contributed by atoms with Crippen molar-refractivity contribution in [1.82, 2.24) is 5.43 Å². The molecular formula is C24H21N3O5. The minimum atomic E-state index is -0.639. The summed E-state index contributed by atoms with van der Waals surface area (Å²) in [5.41, 5.74) is 5.00. The number of aryl methyl sites for hydroxylation is 1. The molecule has 0 aromatic heterocycles. The molecule has 0 aliphatic rings. The smallest absolute Gasteiger partial charge is 0.338 e. The van der Waals surface area contributed by atoms with E-state index in [4.69, 9.17) is 4.74 Å². The summed E-state index contributed by atoms with van der Waals surface area (Å²) in [6, 6.07) is 19.6. The minimum absolute atomic E-state index is 0.106. The number of rotatable bonds is 7. The third-order valence-corrected chi connectivity index (χ3v) is 4.34. The van der Waals surface area contributed by atoms with Gasteiger partial charge in [-0.25, -0.2) is 10.2 Å². The van der Waals surface area contributed by atoms with Crippen molar-refractivity contribution in [2.75, 3.05) is 11.9 Å². The maximum Gasteiger partial charge on any atom is 0.338 e. The van der Waals surface area contributed by atoms with Gasteiger partial charge in [0.2, 0.25) is 0 Å². The van der Waals surface area contributed by atoms with Gasteiger partial charge in [0.15, 0.2) is 6.61 Å². The molecule has 0 atom stereocenters. The van der Waals surface area contributed by atoms with Crippen molar-refractivity contribution in [2.24, 2.45) is 5.10 Å². The van der Waals surface area contributed by atoms with Crippen molar-refractivity contribution in [3.63, 3.8) is 0 Å². The summed E-state index contributed by atoms with van der Waals surface area (Å²) >= 11 is 0. The quantitative estimate of drug-likeness (QED) is 0.302. The Morgan fingerprint density at radius 3 is 2.34 bits per heavy atom. The van der Waals surface area contributed by atoms with Crippen molar-refractivity contribution < 1.29 is 24.2 Å². The molecule has 0 saturated heterocycles. The number of carbonyl (C=O) groups is 3. The molecule has 0 aliphatic heterocycles. The summed E-state index contributed by atoms with van der Waals surface area (Å²) in [5, 5.41) is 16.1. The third kappa shape index (κ3) is 6.27. The van der Waals surface area contributed by atoms with Gasteiger partial charge in [-0.15, -0.1) is 0 Å². The SMILES string of the molecule is Cc1ccc(NC(=O)COC(=O)c2ccc(/C=N\NC(=O)c3ccccc3O)cc2)cc1. The van der Waals surface area contributed by atoms with E-state index in [1.54, 1.807) is 36.4 Å². The van der Waals surface area contributed by atoms with Crippen LogP contribution in [0.2, 0.25) is 0 Å². The third-order valence-electron chi connectivity index (χ3n) is 4.34. The van der Waals surface area contributed by atoms with Gasteiger partial charge in [0, 0.05) is 5.69 Å². The van der Waals surface area contributed by atoms with E-state index >= 15 is 0 Å². The summed E-state index contributed by atoms with van der Waals surface area (Å²) in [5.74, 6) is -1.77. The topological polar surface area (TPSA) is 117 Å². The highest BCUT2D eigenvalue weighted by molar-refractivity contribution is 5.98. The molecular weight excluding hydrogens is 410 g/mol. The lowest BCUT2D eigenvalue weighted by atomic mass is 10.1. The van der Waals surface area contributed by atoms with Crippen LogP contribution in [-0.4, -0.2) is 35.7 Å². The number of hydrazone groups is 1. The molecule has 32 heavy (non-hydrogen) atoms. The zero-order chi connectivity index (χ0) is 22.9. The van der Waals surface area contributed by atoms with Crippen LogP contribution in [0.5, 0.6) is 5.75 Å². The predicted molar refractivity (Wildman–Crippen MR) is 120 cm³/mol. The van der Waals surface area contributed by atoms with Crippen LogP contribution in [0.15, 0.2) is 77.9 Å². The molecule has 0 radical (unpaired) electrons. The number of amides is 2. The maximum atomic E-state index is 12.1. The van der Waals surface area contributed by atoms with Crippen molar-refractivity contribution in [1.29, 1.82) is 0 Å². The number of carbonyl (C=O) groups excluding carboxylic acids is 3. The molecule has 162 valence electrons. The number of anilines is 1. The fourth-order valence-corrected chi connectivity index (χ4v) is 2.64. The second-order valence-electron chi connectivity index (χ2n) is 6.83. The molecule has 3 rings (SSSR count). The Kier molecular flexibility index (Phi) is 7.32. The second-order valence-corrected chi connectivity index (χ2v) is 6.83. The van der Waals surface area contributed by atoms with E-state index < -0.39 is 24.4 Å². The van der Waals surface area contributed by atoms with Crippen molar-refractivity contribution in [2.45, 2.75) is 6.92 Å². The first kappa shape index (κ1) is 22.2. The Labute approximate surface area is 184 Å². The zero-order valence-corrected chi connectivity index (χ0v) is 17.2. The lowest BCUT2D eigenvalue weighted by molar-refractivity contribution is -0.119. The monoisotopic (exact) mass is 431 g/mol. The second kappa shape index (κ2) is 10.5. The van der Waals surface area contributed by atoms with Gasteiger partial charge in [-0.2, -0.15) is 5.10 Å². The van der Waals surface area contributed by atoms with Crippen LogP contribution >= 0.6 is 0 Å². The lowest BCUT2D eigenvalue weighted by Crippen LogP contribution is -2.20. The molecule has 2 amide bonds. The Bertz CT molecular complexity index is 1140. The van der Waals surface area contributed by atoms with E-state index in [2.05, 4.69) is 15.8 Å². The van der Waals surface area contributed by atoms with E-state index in [-0.39, 0.29) is 16.9 Å². The number of hydrogen-bond acceptors (Lipinski definition) is 6. The summed E-state index contributed by atoms with van der Waals surface area (Å²) in [6.45, 7) is 1.53. The summed E-state index contributed by atoms with van der Waals surface area (Å²) in [7, 11) is 0. The van der Waals surface area contributed by atoms with Gasteiger partial charge >= 0.3 is 5.97 Å². The van der Waals surface area contributed by atoms with Crippen LogP contribution in [0.25, 0.3) is 0 Å². The largest absolute Gasteiger partial charge is 0.507 e. The first-order valence-electron chi connectivity index (χ1n) is 9.67. The van der Waals surface area contributed by atoms with Crippen molar-refractivity contribution >= 4 is 29.7 Å². The average molecular weight is 431 g/mol. The van der Waals surface area contributed by atoms with Crippen molar-refractivity contribution in [3.8, 4) is 5.75 Å². The predicted octanol–water partition coefficient (Wildman–Crippen LogP) is 3.26. The van der Waals surface area contributed by atoms with Crippen LogP contribution in [-0.2, 0) is 9.53 Å². The van der Waals surface area contributed by atoms with E-state index in [1.807, 2.05) is 19.1 Å². The number of ether oxygens (including phenoxy) is 1. The highest BCUT2D eigenvalue weighted by Gasteiger charge is 2.11. The molecule has 8 heteroatoms. The van der Waals surface area contributed by atoms with E-state index in [0.29, 0.717) is 11.3 Å². The molecule has 0 bridgehead atoms. The molecule has 3 N–H and O–H groups in total. The van der Waals surface area contributed by atoms with Gasteiger partial charge in [0.25, 0.3) is 11.8 Å². The number of esters is 1. The highest BCUT2D eigenvalue weighted by atomic mass is 16.5. The van der Waals surface area contributed by atoms with E-state index in [0.717, 1.165) is 5.56 Å². The minimum Gasteiger partial charge on any atom is -0.507 e. The van der Waals surface area contributed by atoms with E-state index in [9.17, 15) is 19.5 Å². The molecule has 3 aromatic carbocycles. The van der Waals surface area contributed by atoms with Gasteiger partial charge in [-0.05, 0) is 48.9 Å². The number of benzene rings is 3. The number of aromatic hydroxyl groups is 1. The number of phenols is 1. The number of phenolic OH excluding ortho intramolecular Hbond substituents is 1. The summed E-state index contributed by atoms with van der Waals surface area (Å²) in [4.78, 5) is 36.0. The summed E-state index contributed by atoms with van der Waals surface area (Å²) < 4.78 is 5.03. The molecule has 0 heterocycles. The van der Waals surface area contributed by atoms with Gasteiger partial charge in [0.05, 0.1) is 17.3 Å². The van der Waals surface area contributed by atoms with Gasteiger partial charge in [-0.1, -0.05) is 42.0 Å². The Balaban J connectivity index is 1.48. The fourth-order valence-electron chi connectivity index (χ4n) is 2.64. The van der Waals surface area contributed by atoms with Gasteiger partial charge < -0.3 is 15.2 Å². The number of para-hydroxylation sites is 1. The van der Waals surface area contributed by atoms with Crippen molar-refractivity contribution in [3.05, 3.63) is 95.1 Å². The van der Waals surface area contributed by atoms with Gasteiger partial charge in [0.1, 0.15) is 5.75 Å². The van der Waals surface area contributed by atoms with Crippen LogP contribution in [0, 0.1) is 6.92 Å².